The fraction of sp³-hybridized carbons (Fsp3) is 0.321. The van der Waals surface area contributed by atoms with Crippen molar-refractivity contribution in [2.24, 2.45) is 0 Å². The number of nitrogens with zero attached hydrogens (tertiary/aromatic N) is 1. The molecule has 0 aliphatic carbocycles. The molecule has 6 nitrogen and oxygen atoms in total. The molecular weight excluding hydrogens is 460 g/mol. The van der Waals surface area contributed by atoms with E-state index in [-0.39, 0.29) is 10.8 Å². The van der Waals surface area contributed by atoms with Crippen molar-refractivity contribution in [3.05, 3.63) is 84.4 Å². The minimum absolute atomic E-state index is 0.164. The topological polar surface area (TPSA) is 75.7 Å². The van der Waals surface area contributed by atoms with Gasteiger partial charge in [-0.3, -0.25) is 9.10 Å². The summed E-state index contributed by atoms with van der Waals surface area (Å²) in [4.78, 5) is 12.8. The second kappa shape index (κ2) is 13.0. The molecule has 7 heteroatoms. The minimum Gasteiger partial charge on any atom is -0.494 e. The summed E-state index contributed by atoms with van der Waals surface area (Å²) in [6.07, 6.45) is 5.90. The van der Waals surface area contributed by atoms with Gasteiger partial charge in [-0.1, -0.05) is 50.8 Å². The largest absolute Gasteiger partial charge is 0.494 e. The van der Waals surface area contributed by atoms with Crippen molar-refractivity contribution >= 4 is 27.3 Å². The zero-order chi connectivity index (χ0) is 25.1. The molecule has 3 aromatic carbocycles. The van der Waals surface area contributed by atoms with Crippen molar-refractivity contribution in [2.45, 2.75) is 50.8 Å². The van der Waals surface area contributed by atoms with E-state index in [0.29, 0.717) is 30.1 Å². The Hall–Kier alpha value is -3.32. The maximum Gasteiger partial charge on any atom is 0.264 e. The normalized spacial score (nSPS) is 11.1. The van der Waals surface area contributed by atoms with Crippen LogP contribution in [0.2, 0.25) is 0 Å². The molecule has 186 valence electrons. The number of nitrogens with one attached hydrogen (secondary N) is 1. The maximum atomic E-state index is 13.1. The summed E-state index contributed by atoms with van der Waals surface area (Å²) in [7, 11) is -3.71. The Morgan fingerprint density at radius 3 is 2.11 bits per heavy atom. The number of hydrogen-bond donors (Lipinski definition) is 1. The molecule has 3 rings (SSSR count). The first-order valence-corrected chi connectivity index (χ1v) is 13.6. The second-order valence-electron chi connectivity index (χ2n) is 8.27. The molecule has 0 aliphatic rings. The summed E-state index contributed by atoms with van der Waals surface area (Å²) in [6.45, 7) is 4.97. The number of sulfonamides is 1. The fourth-order valence-corrected chi connectivity index (χ4v) is 5.20. The van der Waals surface area contributed by atoms with Crippen LogP contribution in [0.1, 0.15) is 56.3 Å². The van der Waals surface area contributed by atoms with Gasteiger partial charge in [0.2, 0.25) is 0 Å². The van der Waals surface area contributed by atoms with Crippen LogP contribution in [-0.2, 0) is 10.0 Å². The van der Waals surface area contributed by atoms with Crippen LogP contribution in [0.5, 0.6) is 5.75 Å². The number of carbonyl (C=O) groups is 1. The quantitative estimate of drug-likeness (QED) is 0.275. The van der Waals surface area contributed by atoms with Crippen LogP contribution >= 0.6 is 0 Å². The molecule has 0 radical (unpaired) electrons. The summed E-state index contributed by atoms with van der Waals surface area (Å²) in [6, 6.07) is 22.2. The lowest BCUT2D eigenvalue weighted by atomic mass is 10.1. The van der Waals surface area contributed by atoms with Crippen LogP contribution in [0.15, 0.2) is 83.8 Å². The molecule has 0 spiro atoms. The molecule has 0 aromatic heterocycles. The Kier molecular flexibility index (Phi) is 9.73. The molecule has 1 N–H and O–H groups in total. The number of unbranched alkanes of at least 4 members (excludes halogenated alkanes) is 4. The lowest BCUT2D eigenvalue weighted by molar-refractivity contribution is 0.102. The van der Waals surface area contributed by atoms with Crippen molar-refractivity contribution in [3.63, 3.8) is 0 Å². The van der Waals surface area contributed by atoms with Gasteiger partial charge in [0, 0.05) is 17.8 Å². The van der Waals surface area contributed by atoms with Crippen LogP contribution in [0.4, 0.5) is 11.4 Å². The van der Waals surface area contributed by atoms with E-state index < -0.39 is 10.0 Å². The van der Waals surface area contributed by atoms with Crippen molar-refractivity contribution < 1.29 is 17.9 Å². The number of benzene rings is 3. The smallest absolute Gasteiger partial charge is 0.264 e. The first kappa shape index (κ1) is 26.3. The van der Waals surface area contributed by atoms with Gasteiger partial charge in [0.1, 0.15) is 5.75 Å². The summed E-state index contributed by atoms with van der Waals surface area (Å²) in [5, 5.41) is 2.81. The lowest BCUT2D eigenvalue weighted by Gasteiger charge is -2.23. The first-order valence-electron chi connectivity index (χ1n) is 12.2. The number of ether oxygens (including phenoxy) is 1. The zero-order valence-electron chi connectivity index (χ0n) is 20.4. The van der Waals surface area contributed by atoms with Gasteiger partial charge in [-0.2, -0.15) is 0 Å². The molecule has 35 heavy (non-hydrogen) atoms. The average molecular weight is 495 g/mol. The fourth-order valence-electron chi connectivity index (χ4n) is 3.72. The summed E-state index contributed by atoms with van der Waals surface area (Å²) < 4.78 is 33.3. The van der Waals surface area contributed by atoms with Gasteiger partial charge in [-0.25, -0.2) is 8.42 Å². The minimum atomic E-state index is -3.71. The number of anilines is 2. The third kappa shape index (κ3) is 7.33. The Morgan fingerprint density at radius 2 is 1.49 bits per heavy atom. The van der Waals surface area contributed by atoms with Crippen molar-refractivity contribution in [1.29, 1.82) is 0 Å². The second-order valence-corrected chi connectivity index (χ2v) is 10.1. The number of amides is 1. The number of carbonyl (C=O) groups excluding carboxylic acids is 1. The zero-order valence-corrected chi connectivity index (χ0v) is 21.3. The van der Waals surface area contributed by atoms with Crippen LogP contribution in [0.25, 0.3) is 0 Å². The molecule has 0 bridgehead atoms. The van der Waals surface area contributed by atoms with Crippen molar-refractivity contribution in [1.82, 2.24) is 0 Å². The maximum absolute atomic E-state index is 13.1. The van der Waals surface area contributed by atoms with Gasteiger partial charge in [-0.15, -0.1) is 0 Å². The van der Waals surface area contributed by atoms with E-state index in [9.17, 15) is 13.2 Å². The van der Waals surface area contributed by atoms with Crippen LogP contribution in [0, 0.1) is 0 Å². The van der Waals surface area contributed by atoms with Gasteiger partial charge < -0.3 is 10.1 Å². The number of para-hydroxylation sites is 1. The Bertz CT molecular complexity index is 1160. The van der Waals surface area contributed by atoms with E-state index in [4.69, 9.17) is 4.74 Å². The highest BCUT2D eigenvalue weighted by Gasteiger charge is 2.23. The number of rotatable bonds is 13. The highest BCUT2D eigenvalue weighted by Crippen LogP contribution is 2.24. The van der Waals surface area contributed by atoms with Gasteiger partial charge in [-0.05, 0) is 74.0 Å². The van der Waals surface area contributed by atoms with E-state index >= 15 is 0 Å². The highest BCUT2D eigenvalue weighted by molar-refractivity contribution is 7.92. The third-order valence-corrected chi connectivity index (χ3v) is 7.58. The summed E-state index contributed by atoms with van der Waals surface area (Å²) in [5.74, 6) is 0.469. The van der Waals surface area contributed by atoms with Gasteiger partial charge in [0.15, 0.2) is 0 Å². The third-order valence-electron chi connectivity index (χ3n) is 5.66. The molecule has 1 amide bonds. The van der Waals surface area contributed by atoms with E-state index in [1.165, 1.54) is 35.7 Å². The van der Waals surface area contributed by atoms with E-state index in [1.807, 2.05) is 6.07 Å². The van der Waals surface area contributed by atoms with Gasteiger partial charge >= 0.3 is 0 Å². The Morgan fingerprint density at radius 1 is 0.829 bits per heavy atom. The van der Waals surface area contributed by atoms with Gasteiger partial charge in [0.05, 0.1) is 17.2 Å². The van der Waals surface area contributed by atoms with Gasteiger partial charge in [0.25, 0.3) is 15.9 Å². The standard InChI is InChI=1S/C28H34N2O4S/c1-3-5-6-7-11-22-34-26-18-14-23(15-19-26)28(31)29-24-16-20-27(21-17-24)35(32,33)30(4-2)25-12-9-8-10-13-25/h8-10,12-21H,3-7,11,22H2,1-2H3,(H,29,31). The van der Waals surface area contributed by atoms with E-state index in [1.54, 1.807) is 67.6 Å². The number of hydrogen-bond acceptors (Lipinski definition) is 4. The van der Waals surface area contributed by atoms with Crippen molar-refractivity contribution in [3.8, 4) is 5.75 Å². The monoisotopic (exact) mass is 494 g/mol. The molecule has 0 saturated carbocycles. The molecule has 0 aliphatic heterocycles. The van der Waals surface area contributed by atoms with Crippen LogP contribution in [0.3, 0.4) is 0 Å². The average Bonchev–Trinajstić information content (AvgIpc) is 2.88. The Labute approximate surface area is 209 Å². The predicted octanol–water partition coefficient (Wildman–Crippen LogP) is 6.50. The van der Waals surface area contributed by atoms with E-state index in [0.717, 1.165) is 18.6 Å². The molecule has 0 unspecified atom stereocenters. The molecular formula is C28H34N2O4S. The highest BCUT2D eigenvalue weighted by atomic mass is 32.2. The molecule has 0 heterocycles. The predicted molar refractivity (Wildman–Crippen MR) is 142 cm³/mol. The lowest BCUT2D eigenvalue weighted by Crippen LogP contribution is -2.30. The Balaban J connectivity index is 1.58. The molecule has 0 saturated heterocycles. The first-order chi connectivity index (χ1) is 17.0. The molecule has 0 atom stereocenters. The van der Waals surface area contributed by atoms with Crippen LogP contribution < -0.4 is 14.4 Å². The van der Waals surface area contributed by atoms with Crippen LogP contribution in [-0.4, -0.2) is 27.5 Å². The molecule has 3 aromatic rings. The summed E-state index contributed by atoms with van der Waals surface area (Å²) >= 11 is 0. The summed E-state index contributed by atoms with van der Waals surface area (Å²) in [5.41, 5.74) is 1.62. The SMILES string of the molecule is CCCCCCCOc1ccc(C(=O)Nc2ccc(S(=O)(=O)N(CC)c3ccccc3)cc2)cc1. The van der Waals surface area contributed by atoms with E-state index in [2.05, 4.69) is 12.2 Å². The molecule has 0 fully saturated rings. The van der Waals surface area contributed by atoms with Crippen molar-refractivity contribution in [2.75, 3.05) is 22.8 Å².